The molecule has 0 amide bonds. The Morgan fingerprint density at radius 1 is 1.35 bits per heavy atom. The SMILES string of the molecule is CCCNc1nnc(CN(C)CCC(C)C)s1. The molecule has 1 aromatic heterocycles. The molecule has 0 aliphatic carbocycles. The fourth-order valence-electron chi connectivity index (χ4n) is 1.41. The number of aromatic nitrogens is 2. The molecular weight excluding hydrogens is 232 g/mol. The lowest BCUT2D eigenvalue weighted by molar-refractivity contribution is 0.302. The van der Waals surface area contributed by atoms with Crippen LogP contribution in [0.25, 0.3) is 0 Å². The van der Waals surface area contributed by atoms with E-state index in [0.29, 0.717) is 0 Å². The Labute approximate surface area is 108 Å². The van der Waals surface area contributed by atoms with E-state index in [4.69, 9.17) is 0 Å². The van der Waals surface area contributed by atoms with Gasteiger partial charge in [-0.3, -0.25) is 4.90 Å². The van der Waals surface area contributed by atoms with Crippen molar-refractivity contribution < 1.29 is 0 Å². The van der Waals surface area contributed by atoms with Gasteiger partial charge in [0, 0.05) is 6.54 Å². The zero-order chi connectivity index (χ0) is 12.7. The summed E-state index contributed by atoms with van der Waals surface area (Å²) in [6.45, 7) is 9.65. The summed E-state index contributed by atoms with van der Waals surface area (Å²) in [4.78, 5) is 2.31. The van der Waals surface area contributed by atoms with Gasteiger partial charge < -0.3 is 5.32 Å². The van der Waals surface area contributed by atoms with Gasteiger partial charge in [-0.1, -0.05) is 32.1 Å². The average molecular weight is 256 g/mol. The van der Waals surface area contributed by atoms with Gasteiger partial charge in [0.05, 0.1) is 6.54 Å². The summed E-state index contributed by atoms with van der Waals surface area (Å²) in [6.07, 6.45) is 2.35. The van der Waals surface area contributed by atoms with Crippen molar-refractivity contribution >= 4 is 16.5 Å². The third-order valence-electron chi connectivity index (χ3n) is 2.49. The Morgan fingerprint density at radius 2 is 2.12 bits per heavy atom. The molecule has 17 heavy (non-hydrogen) atoms. The van der Waals surface area contributed by atoms with Crippen LogP contribution in [0.1, 0.15) is 38.6 Å². The lowest BCUT2D eigenvalue weighted by atomic mass is 10.1. The molecule has 1 aromatic rings. The summed E-state index contributed by atoms with van der Waals surface area (Å²) in [5, 5.41) is 13.6. The van der Waals surface area contributed by atoms with Crippen LogP contribution < -0.4 is 5.32 Å². The number of hydrogen-bond acceptors (Lipinski definition) is 5. The second kappa shape index (κ2) is 7.61. The summed E-state index contributed by atoms with van der Waals surface area (Å²) in [7, 11) is 2.14. The van der Waals surface area contributed by atoms with Crippen molar-refractivity contribution in [2.24, 2.45) is 5.92 Å². The van der Waals surface area contributed by atoms with Gasteiger partial charge in [0.1, 0.15) is 5.01 Å². The van der Waals surface area contributed by atoms with Crippen molar-refractivity contribution in [1.29, 1.82) is 0 Å². The molecule has 0 aliphatic heterocycles. The van der Waals surface area contributed by atoms with Gasteiger partial charge in [0.15, 0.2) is 0 Å². The second-order valence-corrected chi connectivity index (χ2v) is 5.91. The van der Waals surface area contributed by atoms with Gasteiger partial charge in [-0.2, -0.15) is 0 Å². The van der Waals surface area contributed by atoms with Gasteiger partial charge in [0.2, 0.25) is 5.13 Å². The molecule has 0 saturated carbocycles. The van der Waals surface area contributed by atoms with Crippen molar-refractivity contribution in [1.82, 2.24) is 15.1 Å². The highest BCUT2D eigenvalue weighted by atomic mass is 32.1. The molecule has 0 unspecified atom stereocenters. The smallest absolute Gasteiger partial charge is 0.205 e. The van der Waals surface area contributed by atoms with Crippen LogP contribution in [0.15, 0.2) is 0 Å². The zero-order valence-corrected chi connectivity index (χ0v) is 12.2. The van der Waals surface area contributed by atoms with Crippen molar-refractivity contribution in [2.75, 3.05) is 25.5 Å². The first kappa shape index (κ1) is 14.4. The summed E-state index contributed by atoms with van der Waals surface area (Å²) < 4.78 is 0. The van der Waals surface area contributed by atoms with E-state index in [1.807, 2.05) is 0 Å². The minimum absolute atomic E-state index is 0.758. The van der Waals surface area contributed by atoms with E-state index in [9.17, 15) is 0 Å². The molecule has 0 atom stereocenters. The minimum Gasteiger partial charge on any atom is -0.360 e. The topological polar surface area (TPSA) is 41.1 Å². The van der Waals surface area contributed by atoms with Crippen LogP contribution in [-0.4, -0.2) is 35.2 Å². The van der Waals surface area contributed by atoms with E-state index in [1.54, 1.807) is 11.3 Å². The van der Waals surface area contributed by atoms with Gasteiger partial charge in [0.25, 0.3) is 0 Å². The number of anilines is 1. The monoisotopic (exact) mass is 256 g/mol. The highest BCUT2D eigenvalue weighted by molar-refractivity contribution is 7.15. The largest absolute Gasteiger partial charge is 0.360 e. The summed E-state index contributed by atoms with van der Waals surface area (Å²) >= 11 is 1.66. The van der Waals surface area contributed by atoms with Crippen LogP contribution in [0.4, 0.5) is 5.13 Å². The Kier molecular flexibility index (Phi) is 6.44. The predicted molar refractivity (Wildman–Crippen MR) is 74.5 cm³/mol. The van der Waals surface area contributed by atoms with E-state index >= 15 is 0 Å². The van der Waals surface area contributed by atoms with Gasteiger partial charge in [-0.25, -0.2) is 0 Å². The first-order valence-electron chi connectivity index (χ1n) is 6.36. The Morgan fingerprint density at radius 3 is 2.76 bits per heavy atom. The zero-order valence-electron chi connectivity index (χ0n) is 11.4. The van der Waals surface area contributed by atoms with Crippen molar-refractivity contribution in [3.63, 3.8) is 0 Å². The number of hydrogen-bond donors (Lipinski definition) is 1. The van der Waals surface area contributed by atoms with E-state index < -0.39 is 0 Å². The van der Waals surface area contributed by atoms with Gasteiger partial charge >= 0.3 is 0 Å². The standard InChI is InChI=1S/C12H24N4S/c1-5-7-13-12-15-14-11(17-12)9-16(4)8-6-10(2)3/h10H,5-9H2,1-4H3,(H,13,15). The molecular formula is C12H24N4S. The van der Waals surface area contributed by atoms with Crippen LogP contribution >= 0.6 is 11.3 Å². The highest BCUT2D eigenvalue weighted by Crippen LogP contribution is 2.16. The van der Waals surface area contributed by atoms with Gasteiger partial charge in [-0.15, -0.1) is 10.2 Å². The minimum atomic E-state index is 0.758. The number of nitrogens with zero attached hydrogens (tertiary/aromatic N) is 3. The van der Waals surface area contributed by atoms with E-state index in [0.717, 1.165) is 42.1 Å². The molecule has 0 radical (unpaired) electrons. The maximum absolute atomic E-state index is 4.20. The highest BCUT2D eigenvalue weighted by Gasteiger charge is 2.07. The van der Waals surface area contributed by atoms with E-state index in [-0.39, 0.29) is 0 Å². The first-order chi connectivity index (χ1) is 8.11. The molecule has 0 aromatic carbocycles. The van der Waals surface area contributed by atoms with Crippen LogP contribution in [0, 0.1) is 5.92 Å². The maximum Gasteiger partial charge on any atom is 0.205 e. The van der Waals surface area contributed by atoms with Gasteiger partial charge in [-0.05, 0) is 32.4 Å². The van der Waals surface area contributed by atoms with Crippen molar-refractivity contribution in [2.45, 2.75) is 40.2 Å². The first-order valence-corrected chi connectivity index (χ1v) is 7.18. The molecule has 98 valence electrons. The number of rotatable bonds is 8. The quantitative estimate of drug-likeness (QED) is 0.776. The predicted octanol–water partition coefficient (Wildman–Crippen LogP) is 2.84. The van der Waals surface area contributed by atoms with Crippen LogP contribution in [-0.2, 0) is 6.54 Å². The molecule has 5 heteroatoms. The fraction of sp³-hybridized carbons (Fsp3) is 0.833. The molecule has 1 rings (SSSR count). The third-order valence-corrected chi connectivity index (χ3v) is 3.35. The lowest BCUT2D eigenvalue weighted by Crippen LogP contribution is -2.20. The lowest BCUT2D eigenvalue weighted by Gasteiger charge is -2.15. The normalized spacial score (nSPS) is 11.4. The summed E-state index contributed by atoms with van der Waals surface area (Å²) in [6, 6.07) is 0. The Bertz CT molecular complexity index is 311. The van der Waals surface area contributed by atoms with Crippen LogP contribution in [0.2, 0.25) is 0 Å². The third kappa shape index (κ3) is 5.98. The Balaban J connectivity index is 2.32. The van der Waals surface area contributed by atoms with E-state index in [2.05, 4.69) is 48.2 Å². The summed E-state index contributed by atoms with van der Waals surface area (Å²) in [5.74, 6) is 0.758. The molecule has 0 aliphatic rings. The molecule has 1 heterocycles. The molecule has 0 fully saturated rings. The van der Waals surface area contributed by atoms with Crippen LogP contribution in [0.3, 0.4) is 0 Å². The Hall–Kier alpha value is -0.680. The fourth-order valence-corrected chi connectivity index (χ4v) is 2.26. The van der Waals surface area contributed by atoms with Crippen molar-refractivity contribution in [3.8, 4) is 0 Å². The molecule has 0 bridgehead atoms. The molecule has 0 saturated heterocycles. The van der Waals surface area contributed by atoms with E-state index in [1.165, 1.54) is 6.42 Å². The number of nitrogens with one attached hydrogen (secondary N) is 1. The average Bonchev–Trinajstić information content (AvgIpc) is 2.71. The molecule has 0 spiro atoms. The molecule has 1 N–H and O–H groups in total. The van der Waals surface area contributed by atoms with Crippen LogP contribution in [0.5, 0.6) is 0 Å². The second-order valence-electron chi connectivity index (χ2n) is 4.85. The molecule has 4 nitrogen and oxygen atoms in total. The maximum atomic E-state index is 4.20. The summed E-state index contributed by atoms with van der Waals surface area (Å²) in [5.41, 5.74) is 0. The van der Waals surface area contributed by atoms with Crippen molar-refractivity contribution in [3.05, 3.63) is 5.01 Å².